The topological polar surface area (TPSA) is 49.9 Å². The summed E-state index contributed by atoms with van der Waals surface area (Å²) in [6.45, 7) is 5.21. The van der Waals surface area contributed by atoms with Gasteiger partial charge in [-0.2, -0.15) is 23.8 Å². The number of carbonyl (C=O) groups is 2. The van der Waals surface area contributed by atoms with Gasteiger partial charge in [-0.3, -0.25) is 9.69 Å². The molecule has 0 saturated carbocycles. The van der Waals surface area contributed by atoms with Crippen molar-refractivity contribution in [3.63, 3.8) is 0 Å². The van der Waals surface area contributed by atoms with E-state index in [0.717, 1.165) is 11.3 Å². The summed E-state index contributed by atoms with van der Waals surface area (Å²) in [5.41, 5.74) is 1.94. The fraction of sp³-hybridized carbons (Fsp3) is 0.467. The Labute approximate surface area is 150 Å². The Morgan fingerprint density at radius 1 is 1.33 bits per heavy atom. The second-order valence-electron chi connectivity index (χ2n) is 5.09. The largest absolute Gasteiger partial charge is 0.453 e. The van der Waals surface area contributed by atoms with Crippen molar-refractivity contribution >= 4 is 17.7 Å². The monoisotopic (exact) mass is 364 g/mol. The number of amides is 2. The maximum Gasteiger partial charge on any atom is 0.410 e. The van der Waals surface area contributed by atoms with Crippen molar-refractivity contribution in [2.45, 2.75) is 19.8 Å². The third-order valence-electron chi connectivity index (χ3n) is 3.41. The molecule has 0 N–H and O–H groups in total. The zero-order valence-corrected chi connectivity index (χ0v) is 15.5. The molecule has 5 nitrogen and oxygen atoms in total. The smallest absolute Gasteiger partial charge is 0.410 e. The summed E-state index contributed by atoms with van der Waals surface area (Å²) in [7, 11) is 1.32. The number of methoxy groups -OCH3 is 1. The third-order valence-corrected chi connectivity index (χ3v) is 3.41. The van der Waals surface area contributed by atoms with E-state index in [4.69, 9.17) is 0 Å². The second-order valence-corrected chi connectivity index (χ2v) is 5.09. The normalized spacial score (nSPS) is 15.0. The summed E-state index contributed by atoms with van der Waals surface area (Å²) < 4.78 is 4.63. The Hall–Kier alpha value is -0.936. The molecular formula is C15H19N2O3Y-. The zero-order valence-electron chi connectivity index (χ0n) is 12.6. The zero-order chi connectivity index (χ0) is 14.7. The molecule has 2 rings (SSSR count). The van der Waals surface area contributed by atoms with Gasteiger partial charge in [-0.1, -0.05) is 19.5 Å². The minimum atomic E-state index is -0.459. The molecule has 1 aliphatic rings. The molecule has 1 saturated heterocycles. The van der Waals surface area contributed by atoms with Gasteiger partial charge >= 0.3 is 6.09 Å². The summed E-state index contributed by atoms with van der Waals surface area (Å²) in [6, 6.07) is 8.95. The minimum Gasteiger partial charge on any atom is -0.453 e. The standard InChI is InChI=1S/C15H19N2O3.Y/c1-11(2)12-4-6-13(7-5-12)17-9-8-16(10-14(17)18)15(19)20-3;/h4,6-7,11H,8-10H2,1-3H3;/q-1;. The van der Waals surface area contributed by atoms with Gasteiger partial charge in [0.15, 0.2) is 0 Å². The number of hydrogen-bond acceptors (Lipinski definition) is 3. The fourth-order valence-corrected chi connectivity index (χ4v) is 2.19. The van der Waals surface area contributed by atoms with Crippen molar-refractivity contribution in [3.8, 4) is 0 Å². The van der Waals surface area contributed by atoms with Crippen molar-refractivity contribution in [2.24, 2.45) is 0 Å². The number of ether oxygens (including phenoxy) is 1. The summed E-state index contributed by atoms with van der Waals surface area (Å²) >= 11 is 0. The van der Waals surface area contributed by atoms with E-state index in [1.54, 1.807) is 4.90 Å². The first-order valence-corrected chi connectivity index (χ1v) is 6.68. The van der Waals surface area contributed by atoms with Crippen LogP contribution in [0.2, 0.25) is 0 Å². The van der Waals surface area contributed by atoms with E-state index < -0.39 is 6.09 Å². The molecule has 0 unspecified atom stereocenters. The van der Waals surface area contributed by atoms with Crippen molar-refractivity contribution in [1.82, 2.24) is 4.90 Å². The van der Waals surface area contributed by atoms with Gasteiger partial charge in [0.05, 0.1) is 7.11 Å². The number of benzene rings is 1. The molecule has 0 atom stereocenters. The van der Waals surface area contributed by atoms with Crippen LogP contribution in [0.15, 0.2) is 18.2 Å². The van der Waals surface area contributed by atoms with E-state index in [9.17, 15) is 9.59 Å². The number of piperazine rings is 1. The SMILES string of the molecule is COC(=O)N1CCN(c2c[c-]c(C(C)C)cc2)C(=O)C1.[Y]. The molecular weight excluding hydrogens is 345 g/mol. The van der Waals surface area contributed by atoms with E-state index in [1.165, 1.54) is 12.0 Å². The van der Waals surface area contributed by atoms with Crippen LogP contribution < -0.4 is 4.90 Å². The van der Waals surface area contributed by atoms with E-state index in [1.807, 2.05) is 18.2 Å². The van der Waals surface area contributed by atoms with E-state index in [2.05, 4.69) is 24.7 Å². The van der Waals surface area contributed by atoms with Crippen LogP contribution in [0.3, 0.4) is 0 Å². The number of anilines is 1. The predicted molar refractivity (Wildman–Crippen MR) is 75.7 cm³/mol. The Kier molecular flexibility index (Phi) is 6.81. The first-order valence-electron chi connectivity index (χ1n) is 6.68. The van der Waals surface area contributed by atoms with Gasteiger partial charge in [-0.25, -0.2) is 4.79 Å². The molecule has 21 heavy (non-hydrogen) atoms. The van der Waals surface area contributed by atoms with Crippen molar-refractivity contribution in [2.75, 3.05) is 31.6 Å². The Balaban J connectivity index is 0.00000220. The first kappa shape index (κ1) is 18.1. The molecule has 2 amide bonds. The van der Waals surface area contributed by atoms with Crippen molar-refractivity contribution in [1.29, 1.82) is 0 Å². The van der Waals surface area contributed by atoms with Gasteiger partial charge < -0.3 is 9.64 Å². The Bertz CT molecular complexity index is 502. The number of hydrogen-bond donors (Lipinski definition) is 0. The minimum absolute atomic E-state index is 0. The summed E-state index contributed by atoms with van der Waals surface area (Å²) in [4.78, 5) is 26.6. The van der Waals surface area contributed by atoms with E-state index in [-0.39, 0.29) is 45.2 Å². The molecule has 1 heterocycles. The van der Waals surface area contributed by atoms with Crippen LogP contribution in [-0.4, -0.2) is 43.6 Å². The molecule has 0 aromatic heterocycles. The van der Waals surface area contributed by atoms with Gasteiger partial charge in [0, 0.05) is 45.8 Å². The number of carbonyl (C=O) groups excluding carboxylic acids is 2. The average Bonchev–Trinajstić information content (AvgIpc) is 2.46. The van der Waals surface area contributed by atoms with Crippen LogP contribution in [0.4, 0.5) is 10.5 Å². The van der Waals surface area contributed by atoms with Gasteiger partial charge in [-0.05, 0) is 5.92 Å². The molecule has 6 heteroatoms. The number of nitrogens with zero attached hydrogens (tertiary/aromatic N) is 2. The molecule has 1 fully saturated rings. The maximum atomic E-state index is 12.1. The molecule has 1 aromatic carbocycles. The first-order chi connectivity index (χ1) is 9.52. The van der Waals surface area contributed by atoms with Gasteiger partial charge in [-0.15, -0.1) is 6.07 Å². The molecule has 0 bridgehead atoms. The summed E-state index contributed by atoms with van der Waals surface area (Å²) in [5, 5.41) is 0. The molecule has 1 radical (unpaired) electrons. The van der Waals surface area contributed by atoms with E-state index in [0.29, 0.717) is 19.0 Å². The van der Waals surface area contributed by atoms with Crippen LogP contribution >= 0.6 is 0 Å². The third kappa shape index (κ3) is 4.27. The van der Waals surface area contributed by atoms with Crippen LogP contribution in [0.1, 0.15) is 25.3 Å². The van der Waals surface area contributed by atoms with Crippen LogP contribution in [0.25, 0.3) is 0 Å². The van der Waals surface area contributed by atoms with Crippen molar-refractivity contribution in [3.05, 3.63) is 29.8 Å². The van der Waals surface area contributed by atoms with Gasteiger partial charge in [0.25, 0.3) is 0 Å². The molecule has 0 spiro atoms. The molecule has 0 aliphatic carbocycles. The van der Waals surface area contributed by atoms with Crippen molar-refractivity contribution < 1.29 is 47.0 Å². The summed E-state index contributed by atoms with van der Waals surface area (Å²) in [5.74, 6) is 0.309. The fourth-order valence-electron chi connectivity index (χ4n) is 2.19. The van der Waals surface area contributed by atoms with Crippen LogP contribution in [0.5, 0.6) is 0 Å². The predicted octanol–water partition coefficient (Wildman–Crippen LogP) is 2.02. The maximum absolute atomic E-state index is 12.1. The molecule has 1 aliphatic heterocycles. The average molecular weight is 364 g/mol. The summed E-state index contributed by atoms with van der Waals surface area (Å²) in [6.07, 6.45) is -0.459. The number of rotatable bonds is 2. The Morgan fingerprint density at radius 2 is 2.05 bits per heavy atom. The molecule has 1 aromatic rings. The van der Waals surface area contributed by atoms with Crippen LogP contribution in [-0.2, 0) is 42.2 Å². The molecule has 111 valence electrons. The van der Waals surface area contributed by atoms with E-state index >= 15 is 0 Å². The van der Waals surface area contributed by atoms with Gasteiger partial charge in [0.1, 0.15) is 6.54 Å². The second kappa shape index (κ2) is 7.90. The Morgan fingerprint density at radius 3 is 2.52 bits per heavy atom. The van der Waals surface area contributed by atoms with Gasteiger partial charge in [0.2, 0.25) is 5.91 Å². The van der Waals surface area contributed by atoms with Crippen LogP contribution in [0, 0.1) is 6.07 Å². The quantitative estimate of drug-likeness (QED) is 0.755.